The number of aliphatic hydroxyl groups is 1. The molecule has 0 bridgehead atoms. The lowest BCUT2D eigenvalue weighted by Crippen LogP contribution is -2.43. The van der Waals surface area contributed by atoms with E-state index < -0.39 is 11.0 Å². The van der Waals surface area contributed by atoms with Crippen molar-refractivity contribution in [2.75, 3.05) is 0 Å². The quantitative estimate of drug-likeness (QED) is 0.674. The molecule has 2 saturated carbocycles. The number of hydrogen-bond acceptors (Lipinski definition) is 2. The minimum atomic E-state index is -1.15. The molecule has 0 saturated heterocycles. The Bertz CT molecular complexity index is 312. The van der Waals surface area contributed by atoms with Gasteiger partial charge in [-0.3, -0.25) is 0 Å². The lowest BCUT2D eigenvalue weighted by molar-refractivity contribution is -0.00644. The van der Waals surface area contributed by atoms with E-state index in [-0.39, 0.29) is 5.92 Å². The number of terminal acetylenes is 1. The van der Waals surface area contributed by atoms with Crippen LogP contribution >= 0.6 is 0 Å². The van der Waals surface area contributed by atoms with Crippen molar-refractivity contribution < 1.29 is 5.11 Å². The van der Waals surface area contributed by atoms with Crippen LogP contribution < -0.4 is 0 Å². The third-order valence-corrected chi connectivity index (χ3v) is 3.86. The summed E-state index contributed by atoms with van der Waals surface area (Å²) < 4.78 is 0. The molecule has 2 fully saturated rings. The van der Waals surface area contributed by atoms with Crippen LogP contribution in [0, 0.1) is 35.0 Å². The second kappa shape index (κ2) is 3.01. The topological polar surface area (TPSA) is 44.0 Å². The van der Waals surface area contributed by atoms with Crippen LogP contribution in [-0.4, -0.2) is 10.7 Å². The summed E-state index contributed by atoms with van der Waals surface area (Å²) in [5, 5.41) is 19.5. The summed E-state index contributed by atoms with van der Waals surface area (Å²) in [6.45, 7) is 0. The van der Waals surface area contributed by atoms with Gasteiger partial charge in [0.25, 0.3) is 0 Å². The predicted molar refractivity (Wildman–Crippen MR) is 53.0 cm³/mol. The predicted octanol–water partition coefficient (Wildman–Crippen LogP) is 1.84. The van der Waals surface area contributed by atoms with E-state index in [1.54, 1.807) is 0 Å². The molecule has 2 aliphatic carbocycles. The van der Waals surface area contributed by atoms with Gasteiger partial charge in [0.2, 0.25) is 0 Å². The van der Waals surface area contributed by atoms with Crippen molar-refractivity contribution in [2.45, 2.75) is 44.1 Å². The molecule has 1 N–H and O–H groups in total. The van der Waals surface area contributed by atoms with E-state index in [9.17, 15) is 5.11 Å². The molecule has 0 unspecified atom stereocenters. The highest BCUT2D eigenvalue weighted by atomic mass is 16.3. The Hall–Kier alpha value is -0.990. The van der Waals surface area contributed by atoms with Gasteiger partial charge in [0, 0.05) is 5.92 Å². The fourth-order valence-corrected chi connectivity index (χ4v) is 2.69. The molecule has 0 radical (unpaired) electrons. The first-order chi connectivity index (χ1) is 6.68. The molecule has 14 heavy (non-hydrogen) atoms. The third kappa shape index (κ3) is 1.08. The van der Waals surface area contributed by atoms with Gasteiger partial charge in [0.15, 0.2) is 0 Å². The van der Waals surface area contributed by atoms with E-state index in [4.69, 9.17) is 11.7 Å². The first-order valence-electron chi connectivity index (χ1n) is 5.30. The zero-order chi connectivity index (χ0) is 10.2. The van der Waals surface area contributed by atoms with Crippen LogP contribution in [0.3, 0.4) is 0 Å². The van der Waals surface area contributed by atoms with Gasteiger partial charge in [0.05, 0.1) is 11.5 Å². The van der Waals surface area contributed by atoms with Crippen molar-refractivity contribution in [3.05, 3.63) is 0 Å². The van der Waals surface area contributed by atoms with Gasteiger partial charge in [-0.05, 0) is 25.7 Å². The van der Waals surface area contributed by atoms with E-state index in [1.807, 2.05) is 0 Å². The summed E-state index contributed by atoms with van der Waals surface area (Å²) >= 11 is 0. The van der Waals surface area contributed by atoms with Gasteiger partial charge in [0.1, 0.15) is 5.60 Å². The summed E-state index contributed by atoms with van der Waals surface area (Å²) in [6, 6.07) is 2.23. The minimum Gasteiger partial charge on any atom is -0.376 e. The first kappa shape index (κ1) is 9.56. The van der Waals surface area contributed by atoms with Gasteiger partial charge >= 0.3 is 0 Å². The Morgan fingerprint density at radius 1 is 1.36 bits per heavy atom. The van der Waals surface area contributed by atoms with Gasteiger partial charge in [-0.2, -0.15) is 5.26 Å². The molecule has 0 aromatic rings. The highest BCUT2D eigenvalue weighted by molar-refractivity contribution is 5.31. The van der Waals surface area contributed by atoms with Crippen LogP contribution in [0.5, 0.6) is 0 Å². The number of hydrogen-bond donors (Lipinski definition) is 1. The van der Waals surface area contributed by atoms with Crippen LogP contribution in [0.2, 0.25) is 0 Å². The van der Waals surface area contributed by atoms with E-state index in [2.05, 4.69) is 12.0 Å². The summed E-state index contributed by atoms with van der Waals surface area (Å²) in [5.41, 5.74) is -1.77. The van der Waals surface area contributed by atoms with Crippen molar-refractivity contribution in [3.63, 3.8) is 0 Å². The Morgan fingerprint density at radius 2 is 1.93 bits per heavy atom. The van der Waals surface area contributed by atoms with Crippen molar-refractivity contribution >= 4 is 0 Å². The second-order valence-electron chi connectivity index (χ2n) is 4.59. The largest absolute Gasteiger partial charge is 0.376 e. The summed E-state index contributed by atoms with van der Waals surface area (Å²) in [6.07, 6.45) is 11.2. The van der Waals surface area contributed by atoms with Gasteiger partial charge < -0.3 is 5.11 Å². The highest BCUT2D eigenvalue weighted by Crippen LogP contribution is 2.58. The van der Waals surface area contributed by atoms with E-state index >= 15 is 0 Å². The van der Waals surface area contributed by atoms with Crippen LogP contribution in [0.15, 0.2) is 0 Å². The normalized spacial score (nSPS) is 28.8. The summed E-state index contributed by atoms with van der Waals surface area (Å²) in [4.78, 5) is 0. The fourth-order valence-electron chi connectivity index (χ4n) is 2.69. The maximum absolute atomic E-state index is 10.5. The second-order valence-corrected chi connectivity index (χ2v) is 4.59. The molecule has 2 nitrogen and oxygen atoms in total. The molecule has 2 aliphatic rings. The van der Waals surface area contributed by atoms with Crippen LogP contribution in [0.4, 0.5) is 0 Å². The molecule has 0 aromatic carbocycles. The SMILES string of the molecule is C#C[C@@](O)(C1CCCC1)C1(C#N)CC1. The zero-order valence-corrected chi connectivity index (χ0v) is 8.29. The average Bonchev–Trinajstić information content (AvgIpc) is 2.84. The van der Waals surface area contributed by atoms with E-state index in [0.29, 0.717) is 0 Å². The Balaban J connectivity index is 2.26. The maximum atomic E-state index is 10.5. The zero-order valence-electron chi connectivity index (χ0n) is 8.29. The van der Waals surface area contributed by atoms with Gasteiger partial charge in [-0.1, -0.05) is 18.8 Å². The first-order valence-corrected chi connectivity index (χ1v) is 5.30. The molecule has 0 heterocycles. The van der Waals surface area contributed by atoms with Crippen LogP contribution in [0.1, 0.15) is 38.5 Å². The molecule has 0 aromatic heterocycles. The molecular weight excluding hydrogens is 174 g/mol. The average molecular weight is 189 g/mol. The van der Waals surface area contributed by atoms with E-state index in [0.717, 1.165) is 38.5 Å². The Labute approximate surface area is 84.9 Å². The number of nitrogens with zero attached hydrogens (tertiary/aromatic N) is 1. The molecule has 2 heteroatoms. The molecule has 74 valence electrons. The van der Waals surface area contributed by atoms with Crippen molar-refractivity contribution in [1.29, 1.82) is 5.26 Å². The number of rotatable bonds is 2. The maximum Gasteiger partial charge on any atom is 0.146 e. The lowest BCUT2D eigenvalue weighted by Gasteiger charge is -2.33. The smallest absolute Gasteiger partial charge is 0.146 e. The standard InChI is InChI=1S/C12H15NO/c1-2-12(14,10-5-3-4-6-10)11(9-13)7-8-11/h1,10,14H,3-8H2/t12-/m1/s1. The molecular formula is C12H15NO. The summed E-state index contributed by atoms with van der Waals surface area (Å²) in [5.74, 6) is 2.65. The highest BCUT2D eigenvalue weighted by Gasteiger charge is 2.62. The monoisotopic (exact) mass is 189 g/mol. The molecule has 2 rings (SSSR count). The Morgan fingerprint density at radius 3 is 2.29 bits per heavy atom. The third-order valence-electron chi connectivity index (χ3n) is 3.86. The van der Waals surface area contributed by atoms with Crippen LogP contribution in [-0.2, 0) is 0 Å². The van der Waals surface area contributed by atoms with E-state index in [1.165, 1.54) is 0 Å². The van der Waals surface area contributed by atoms with Crippen molar-refractivity contribution in [3.8, 4) is 18.4 Å². The molecule has 1 atom stereocenters. The fraction of sp³-hybridized carbons (Fsp3) is 0.750. The van der Waals surface area contributed by atoms with Gasteiger partial charge in [-0.25, -0.2) is 0 Å². The minimum absolute atomic E-state index is 0.148. The molecule has 0 amide bonds. The molecule has 0 aliphatic heterocycles. The van der Waals surface area contributed by atoms with Gasteiger partial charge in [-0.15, -0.1) is 6.42 Å². The molecule has 0 spiro atoms. The Kier molecular flexibility index (Phi) is 2.05. The number of nitriles is 1. The lowest BCUT2D eigenvalue weighted by atomic mass is 9.74. The van der Waals surface area contributed by atoms with Crippen LogP contribution in [0.25, 0.3) is 0 Å². The van der Waals surface area contributed by atoms with Crippen molar-refractivity contribution in [2.24, 2.45) is 11.3 Å². The van der Waals surface area contributed by atoms with Crippen molar-refractivity contribution in [1.82, 2.24) is 0 Å². The summed E-state index contributed by atoms with van der Waals surface area (Å²) in [7, 11) is 0.